The molecular formula is C15H17ClN2O2S. The van der Waals surface area contributed by atoms with Gasteiger partial charge in [-0.3, -0.25) is 4.72 Å². The van der Waals surface area contributed by atoms with E-state index in [-0.39, 0.29) is 4.90 Å². The van der Waals surface area contributed by atoms with Crippen LogP contribution in [-0.2, 0) is 16.6 Å². The summed E-state index contributed by atoms with van der Waals surface area (Å²) in [5.41, 5.74) is 2.10. The van der Waals surface area contributed by atoms with E-state index in [2.05, 4.69) is 10.0 Å². The topological polar surface area (TPSA) is 58.2 Å². The summed E-state index contributed by atoms with van der Waals surface area (Å²) in [6.45, 7) is 2.39. The van der Waals surface area contributed by atoms with Crippen molar-refractivity contribution < 1.29 is 8.42 Å². The molecule has 2 aromatic rings. The van der Waals surface area contributed by atoms with Crippen LogP contribution >= 0.6 is 11.6 Å². The van der Waals surface area contributed by atoms with Gasteiger partial charge in [0.25, 0.3) is 10.0 Å². The van der Waals surface area contributed by atoms with Crippen molar-refractivity contribution in [1.29, 1.82) is 0 Å². The van der Waals surface area contributed by atoms with Crippen molar-refractivity contribution in [3.63, 3.8) is 0 Å². The van der Waals surface area contributed by atoms with Gasteiger partial charge in [-0.05, 0) is 49.4 Å². The van der Waals surface area contributed by atoms with Gasteiger partial charge < -0.3 is 5.32 Å². The largest absolute Gasteiger partial charge is 0.316 e. The van der Waals surface area contributed by atoms with E-state index in [1.165, 1.54) is 0 Å². The minimum absolute atomic E-state index is 0.231. The van der Waals surface area contributed by atoms with Crippen LogP contribution in [0.5, 0.6) is 0 Å². The lowest BCUT2D eigenvalue weighted by molar-refractivity contribution is 0.601. The van der Waals surface area contributed by atoms with Crippen LogP contribution in [0.1, 0.15) is 11.1 Å². The highest BCUT2D eigenvalue weighted by atomic mass is 35.5. The van der Waals surface area contributed by atoms with E-state index >= 15 is 0 Å². The summed E-state index contributed by atoms with van der Waals surface area (Å²) < 4.78 is 27.5. The van der Waals surface area contributed by atoms with Gasteiger partial charge in [-0.1, -0.05) is 29.8 Å². The predicted molar refractivity (Wildman–Crippen MR) is 86.2 cm³/mol. The third-order valence-corrected chi connectivity index (χ3v) is 4.87. The fourth-order valence-electron chi connectivity index (χ4n) is 1.95. The SMILES string of the molecule is CNCc1cccc(S(=O)(=O)Nc2cccc(Cl)c2C)c1. The zero-order chi connectivity index (χ0) is 15.5. The van der Waals surface area contributed by atoms with Gasteiger partial charge in [0.2, 0.25) is 0 Å². The highest BCUT2D eigenvalue weighted by molar-refractivity contribution is 7.92. The Morgan fingerprint density at radius 2 is 1.86 bits per heavy atom. The van der Waals surface area contributed by atoms with Crippen molar-refractivity contribution in [1.82, 2.24) is 5.32 Å². The summed E-state index contributed by atoms with van der Waals surface area (Å²) in [4.78, 5) is 0.231. The molecule has 0 aromatic heterocycles. The summed E-state index contributed by atoms with van der Waals surface area (Å²) >= 11 is 6.01. The number of sulfonamides is 1. The zero-order valence-corrected chi connectivity index (χ0v) is 13.4. The van der Waals surface area contributed by atoms with Crippen LogP contribution in [0.2, 0.25) is 5.02 Å². The summed E-state index contributed by atoms with van der Waals surface area (Å²) in [6.07, 6.45) is 0. The van der Waals surface area contributed by atoms with E-state index in [4.69, 9.17) is 11.6 Å². The van der Waals surface area contributed by atoms with E-state index in [0.717, 1.165) is 5.56 Å². The van der Waals surface area contributed by atoms with E-state index < -0.39 is 10.0 Å². The Kier molecular flexibility index (Phi) is 4.88. The van der Waals surface area contributed by atoms with Gasteiger partial charge in [-0.15, -0.1) is 0 Å². The standard InChI is InChI=1S/C15H17ClN2O2S/c1-11-14(16)7-4-8-15(11)18-21(19,20)13-6-3-5-12(9-13)10-17-2/h3-9,17-18H,10H2,1-2H3. The molecule has 0 radical (unpaired) electrons. The molecule has 0 amide bonds. The maximum absolute atomic E-state index is 12.4. The average molecular weight is 325 g/mol. The van der Waals surface area contributed by atoms with Crippen molar-refractivity contribution in [2.75, 3.05) is 11.8 Å². The number of anilines is 1. The first-order valence-electron chi connectivity index (χ1n) is 6.45. The Labute approximate surface area is 130 Å². The number of hydrogen-bond donors (Lipinski definition) is 2. The summed E-state index contributed by atoms with van der Waals surface area (Å²) in [5.74, 6) is 0. The monoisotopic (exact) mass is 324 g/mol. The van der Waals surface area contributed by atoms with Crippen LogP contribution < -0.4 is 10.0 Å². The lowest BCUT2D eigenvalue weighted by Crippen LogP contribution is -2.14. The van der Waals surface area contributed by atoms with Gasteiger partial charge in [0.15, 0.2) is 0 Å². The molecule has 2 rings (SSSR count). The quantitative estimate of drug-likeness (QED) is 0.888. The van der Waals surface area contributed by atoms with Crippen LogP contribution in [0.3, 0.4) is 0 Å². The molecule has 0 fully saturated rings. The molecule has 0 aliphatic heterocycles. The minimum Gasteiger partial charge on any atom is -0.316 e. The molecule has 6 heteroatoms. The molecule has 0 atom stereocenters. The Bertz CT molecular complexity index is 745. The lowest BCUT2D eigenvalue weighted by atomic mass is 10.2. The van der Waals surface area contributed by atoms with Gasteiger partial charge in [0, 0.05) is 11.6 Å². The van der Waals surface area contributed by atoms with Gasteiger partial charge >= 0.3 is 0 Å². The molecular weight excluding hydrogens is 308 g/mol. The first-order chi connectivity index (χ1) is 9.94. The fraction of sp³-hybridized carbons (Fsp3) is 0.200. The normalized spacial score (nSPS) is 11.4. The van der Waals surface area contributed by atoms with Gasteiger partial charge in [-0.2, -0.15) is 0 Å². The Balaban J connectivity index is 2.34. The molecule has 0 spiro atoms. The summed E-state index contributed by atoms with van der Waals surface area (Å²) in [6, 6.07) is 12.0. The van der Waals surface area contributed by atoms with E-state index in [1.54, 1.807) is 43.3 Å². The molecule has 0 unspecified atom stereocenters. The third kappa shape index (κ3) is 3.75. The molecule has 0 saturated heterocycles. The summed E-state index contributed by atoms with van der Waals surface area (Å²) in [5, 5.41) is 3.52. The van der Waals surface area contributed by atoms with Crippen molar-refractivity contribution in [3.8, 4) is 0 Å². The molecule has 21 heavy (non-hydrogen) atoms. The number of halogens is 1. The molecule has 2 aromatic carbocycles. The van der Waals surface area contributed by atoms with Gasteiger partial charge in [0.05, 0.1) is 10.6 Å². The van der Waals surface area contributed by atoms with Crippen LogP contribution in [0.25, 0.3) is 0 Å². The highest BCUT2D eigenvalue weighted by Gasteiger charge is 2.16. The molecule has 0 heterocycles. The van der Waals surface area contributed by atoms with Crippen LogP contribution in [0, 0.1) is 6.92 Å². The van der Waals surface area contributed by atoms with E-state index in [9.17, 15) is 8.42 Å². The Morgan fingerprint density at radius 3 is 2.57 bits per heavy atom. The Hall–Kier alpha value is -1.56. The molecule has 2 N–H and O–H groups in total. The van der Waals surface area contributed by atoms with Crippen molar-refractivity contribution in [2.45, 2.75) is 18.4 Å². The summed E-state index contributed by atoms with van der Waals surface area (Å²) in [7, 11) is -1.82. The van der Waals surface area contributed by atoms with Crippen LogP contribution in [0.4, 0.5) is 5.69 Å². The molecule has 0 saturated carbocycles. The molecule has 0 aliphatic rings. The van der Waals surface area contributed by atoms with Crippen LogP contribution in [0.15, 0.2) is 47.4 Å². The lowest BCUT2D eigenvalue weighted by Gasteiger charge is -2.12. The Morgan fingerprint density at radius 1 is 1.14 bits per heavy atom. The van der Waals surface area contributed by atoms with Gasteiger partial charge in [0.1, 0.15) is 0 Å². The zero-order valence-electron chi connectivity index (χ0n) is 11.9. The molecule has 0 aliphatic carbocycles. The second-order valence-corrected chi connectivity index (χ2v) is 6.79. The van der Waals surface area contributed by atoms with Gasteiger partial charge in [-0.25, -0.2) is 8.42 Å². The van der Waals surface area contributed by atoms with Crippen molar-refractivity contribution in [3.05, 3.63) is 58.6 Å². The maximum atomic E-state index is 12.4. The second-order valence-electron chi connectivity index (χ2n) is 4.70. The first kappa shape index (κ1) is 15.8. The highest BCUT2D eigenvalue weighted by Crippen LogP contribution is 2.25. The van der Waals surface area contributed by atoms with Crippen molar-refractivity contribution in [2.24, 2.45) is 0 Å². The number of benzene rings is 2. The van der Waals surface area contributed by atoms with Crippen LogP contribution in [-0.4, -0.2) is 15.5 Å². The third-order valence-electron chi connectivity index (χ3n) is 3.10. The van der Waals surface area contributed by atoms with Crippen molar-refractivity contribution >= 4 is 27.3 Å². The predicted octanol–water partition coefficient (Wildman–Crippen LogP) is 3.17. The van der Waals surface area contributed by atoms with E-state index in [1.807, 2.05) is 13.1 Å². The number of hydrogen-bond acceptors (Lipinski definition) is 3. The minimum atomic E-state index is -3.63. The second kappa shape index (κ2) is 6.47. The number of nitrogens with one attached hydrogen (secondary N) is 2. The first-order valence-corrected chi connectivity index (χ1v) is 8.31. The molecule has 4 nitrogen and oxygen atoms in total. The van der Waals surface area contributed by atoms with E-state index in [0.29, 0.717) is 22.8 Å². The molecule has 112 valence electrons. The average Bonchev–Trinajstić information content (AvgIpc) is 2.44. The number of rotatable bonds is 5. The fourth-order valence-corrected chi connectivity index (χ4v) is 3.32. The molecule has 0 bridgehead atoms. The smallest absolute Gasteiger partial charge is 0.261 e. The maximum Gasteiger partial charge on any atom is 0.261 e.